The summed E-state index contributed by atoms with van der Waals surface area (Å²) in [6.07, 6.45) is 1.02. The van der Waals surface area contributed by atoms with Gasteiger partial charge in [-0.05, 0) is 23.5 Å². The average molecular weight is 258 g/mol. The molecule has 17 heavy (non-hydrogen) atoms. The Morgan fingerprint density at radius 3 is 1.71 bits per heavy atom. The van der Waals surface area contributed by atoms with E-state index in [-0.39, 0.29) is 22.5 Å². The summed E-state index contributed by atoms with van der Waals surface area (Å²) in [5.41, 5.74) is -0.00412. The Morgan fingerprint density at radius 2 is 1.47 bits per heavy atom. The van der Waals surface area contributed by atoms with Crippen LogP contribution in [-0.2, 0) is 9.22 Å². The summed E-state index contributed by atoms with van der Waals surface area (Å²) < 4.78 is 6.43. The first-order valence-corrected chi connectivity index (χ1v) is 9.37. The highest BCUT2D eigenvalue weighted by atomic mass is 28.4. The molecule has 0 aliphatic carbocycles. The fraction of sp³-hybridized carbons (Fsp3) is 0.929. The third-order valence-electron chi connectivity index (χ3n) is 3.77. The molecule has 2 atom stereocenters. The molecular weight excluding hydrogens is 228 g/mol. The Morgan fingerprint density at radius 1 is 1.06 bits per heavy atom. The topological polar surface area (TPSA) is 26.3 Å². The normalized spacial score (nSPS) is 17.7. The first-order valence-electron chi connectivity index (χ1n) is 6.46. The molecule has 0 aromatic heterocycles. The average Bonchev–Trinajstić information content (AvgIpc) is 2.09. The maximum atomic E-state index is 11.1. The van der Waals surface area contributed by atoms with Crippen molar-refractivity contribution in [3.8, 4) is 0 Å². The Hall–Kier alpha value is -0.153. The van der Waals surface area contributed by atoms with Gasteiger partial charge in [-0.1, -0.05) is 48.5 Å². The van der Waals surface area contributed by atoms with Gasteiger partial charge in [-0.25, -0.2) is 0 Å². The van der Waals surface area contributed by atoms with Crippen molar-refractivity contribution in [2.24, 2.45) is 11.3 Å². The van der Waals surface area contributed by atoms with Gasteiger partial charge < -0.3 is 9.22 Å². The van der Waals surface area contributed by atoms with Crippen LogP contribution in [-0.4, -0.2) is 20.7 Å². The fourth-order valence-electron chi connectivity index (χ4n) is 1.64. The van der Waals surface area contributed by atoms with Crippen LogP contribution < -0.4 is 0 Å². The lowest BCUT2D eigenvalue weighted by atomic mass is 9.83. The van der Waals surface area contributed by atoms with E-state index in [1.165, 1.54) is 0 Å². The van der Waals surface area contributed by atoms with Crippen molar-refractivity contribution >= 4 is 14.6 Å². The summed E-state index contributed by atoms with van der Waals surface area (Å²) in [7, 11) is -1.82. The summed E-state index contributed by atoms with van der Waals surface area (Å²) >= 11 is 0. The van der Waals surface area contributed by atoms with Crippen LogP contribution >= 0.6 is 0 Å². The zero-order chi connectivity index (χ0) is 14.1. The monoisotopic (exact) mass is 258 g/mol. The first-order chi connectivity index (χ1) is 7.33. The molecule has 0 amide bonds. The Bertz CT molecular complexity index is 258. The minimum absolute atomic E-state index is 0.000826. The van der Waals surface area contributed by atoms with E-state index < -0.39 is 8.32 Å². The van der Waals surface area contributed by atoms with E-state index in [1.54, 1.807) is 0 Å². The quantitative estimate of drug-likeness (QED) is 0.556. The van der Waals surface area contributed by atoms with E-state index in [0.717, 1.165) is 6.29 Å². The minimum atomic E-state index is -1.82. The van der Waals surface area contributed by atoms with Crippen LogP contribution in [0.25, 0.3) is 0 Å². The summed E-state index contributed by atoms with van der Waals surface area (Å²) in [5.74, 6) is -0.0517. The molecule has 0 aliphatic rings. The molecule has 102 valence electrons. The van der Waals surface area contributed by atoms with Crippen molar-refractivity contribution < 1.29 is 9.22 Å². The fourth-order valence-corrected chi connectivity index (χ4v) is 3.19. The molecule has 3 heteroatoms. The molecule has 0 saturated carbocycles. The Labute approximate surface area is 108 Å². The number of rotatable bonds is 4. The summed E-state index contributed by atoms with van der Waals surface area (Å²) in [6.45, 7) is 19.5. The van der Waals surface area contributed by atoms with Crippen LogP contribution in [0.4, 0.5) is 0 Å². The van der Waals surface area contributed by atoms with Gasteiger partial charge in [-0.2, -0.15) is 0 Å². The van der Waals surface area contributed by atoms with Crippen LogP contribution in [0.15, 0.2) is 0 Å². The van der Waals surface area contributed by atoms with Crippen LogP contribution in [0, 0.1) is 11.3 Å². The molecule has 0 spiro atoms. The second-order valence-electron chi connectivity index (χ2n) is 7.66. The summed E-state index contributed by atoms with van der Waals surface area (Å²) in [4.78, 5) is 11.1. The maximum Gasteiger partial charge on any atom is 0.192 e. The van der Waals surface area contributed by atoms with E-state index in [0.29, 0.717) is 0 Å². The van der Waals surface area contributed by atoms with Crippen LogP contribution in [0.5, 0.6) is 0 Å². The molecule has 0 saturated heterocycles. The van der Waals surface area contributed by atoms with Gasteiger partial charge in [0.15, 0.2) is 8.32 Å². The van der Waals surface area contributed by atoms with E-state index in [4.69, 9.17) is 4.43 Å². The summed E-state index contributed by atoms with van der Waals surface area (Å²) in [6, 6.07) is 0. The molecule has 0 fully saturated rings. The zero-order valence-corrected chi connectivity index (χ0v) is 14.0. The molecule has 0 aliphatic heterocycles. The van der Waals surface area contributed by atoms with Crippen molar-refractivity contribution in [1.29, 1.82) is 0 Å². The van der Waals surface area contributed by atoms with Gasteiger partial charge in [0.05, 0.1) is 6.10 Å². The second kappa shape index (κ2) is 5.23. The van der Waals surface area contributed by atoms with Crippen LogP contribution in [0.1, 0.15) is 48.5 Å². The highest BCUT2D eigenvalue weighted by molar-refractivity contribution is 6.74. The van der Waals surface area contributed by atoms with Gasteiger partial charge in [-0.3, -0.25) is 0 Å². The lowest BCUT2D eigenvalue weighted by Crippen LogP contribution is -2.49. The van der Waals surface area contributed by atoms with Crippen molar-refractivity contribution in [2.75, 3.05) is 0 Å². The molecule has 0 aromatic rings. The van der Waals surface area contributed by atoms with Crippen molar-refractivity contribution in [3.05, 3.63) is 0 Å². The SMILES string of the molecule is C[C@H](C=O)[C@H](O[Si](C)(C)C(C)(C)C)C(C)(C)C. The Kier molecular flexibility index (Phi) is 5.18. The van der Waals surface area contributed by atoms with E-state index in [9.17, 15) is 4.79 Å². The van der Waals surface area contributed by atoms with Crippen LogP contribution in [0.2, 0.25) is 18.1 Å². The highest BCUT2D eigenvalue weighted by Gasteiger charge is 2.43. The number of carbonyl (C=O) groups excluding carboxylic acids is 1. The molecule has 0 radical (unpaired) electrons. The third kappa shape index (κ3) is 4.55. The first kappa shape index (κ1) is 16.8. The maximum absolute atomic E-state index is 11.1. The lowest BCUT2D eigenvalue weighted by molar-refractivity contribution is -0.115. The van der Waals surface area contributed by atoms with Crippen molar-refractivity contribution in [3.63, 3.8) is 0 Å². The molecule has 0 rings (SSSR count). The lowest BCUT2D eigenvalue weighted by Gasteiger charge is -2.44. The minimum Gasteiger partial charge on any atom is -0.413 e. The zero-order valence-electron chi connectivity index (χ0n) is 13.0. The van der Waals surface area contributed by atoms with Gasteiger partial charge in [0, 0.05) is 5.92 Å². The van der Waals surface area contributed by atoms with Crippen molar-refractivity contribution in [2.45, 2.75) is 72.7 Å². The molecule has 0 N–H and O–H groups in total. The predicted octanol–water partition coefficient (Wildman–Crippen LogP) is 4.26. The smallest absolute Gasteiger partial charge is 0.192 e. The van der Waals surface area contributed by atoms with E-state index in [1.807, 2.05) is 6.92 Å². The largest absolute Gasteiger partial charge is 0.413 e. The van der Waals surface area contributed by atoms with Crippen LogP contribution in [0.3, 0.4) is 0 Å². The van der Waals surface area contributed by atoms with Gasteiger partial charge in [0.1, 0.15) is 6.29 Å². The van der Waals surface area contributed by atoms with Gasteiger partial charge in [-0.15, -0.1) is 0 Å². The van der Waals surface area contributed by atoms with Gasteiger partial charge in [0.25, 0.3) is 0 Å². The van der Waals surface area contributed by atoms with E-state index >= 15 is 0 Å². The summed E-state index contributed by atoms with van der Waals surface area (Å²) in [5, 5.41) is 0.180. The Balaban J connectivity index is 5.08. The molecule has 0 aromatic carbocycles. The molecular formula is C14H30O2Si. The number of carbonyl (C=O) groups is 1. The standard InChI is InChI=1S/C14H30O2Si/c1-11(10-15)12(13(2,3)4)16-17(8,9)14(5,6)7/h10-12H,1-9H3/t11-,12+/m1/s1. The number of hydrogen-bond donors (Lipinski definition) is 0. The number of aldehydes is 1. The van der Waals surface area contributed by atoms with Gasteiger partial charge >= 0.3 is 0 Å². The highest BCUT2D eigenvalue weighted by Crippen LogP contribution is 2.40. The molecule has 0 bridgehead atoms. The van der Waals surface area contributed by atoms with E-state index in [2.05, 4.69) is 54.6 Å². The molecule has 0 heterocycles. The predicted molar refractivity (Wildman–Crippen MR) is 76.8 cm³/mol. The third-order valence-corrected chi connectivity index (χ3v) is 8.23. The van der Waals surface area contributed by atoms with Gasteiger partial charge in [0.2, 0.25) is 0 Å². The number of hydrogen-bond acceptors (Lipinski definition) is 2. The second-order valence-corrected chi connectivity index (χ2v) is 12.4. The molecule has 0 unspecified atom stereocenters. The molecule has 2 nitrogen and oxygen atoms in total. The van der Waals surface area contributed by atoms with Crippen molar-refractivity contribution in [1.82, 2.24) is 0 Å².